The van der Waals surface area contributed by atoms with Crippen molar-refractivity contribution in [3.05, 3.63) is 47.9 Å². The normalized spacial score (nSPS) is 20.1. The molecule has 0 amide bonds. The van der Waals surface area contributed by atoms with Crippen molar-refractivity contribution < 1.29 is 0 Å². The molecule has 1 N–H and O–H groups in total. The highest BCUT2D eigenvalue weighted by molar-refractivity contribution is 5.39. The first-order valence-corrected chi connectivity index (χ1v) is 6.63. The molecule has 2 aromatic heterocycles. The van der Waals surface area contributed by atoms with Gasteiger partial charge in [0.25, 0.3) is 0 Å². The Kier molecular flexibility index (Phi) is 3.15. The van der Waals surface area contributed by atoms with E-state index in [1.807, 2.05) is 24.4 Å². The molecule has 18 heavy (non-hydrogen) atoms. The number of fused-ring (bicyclic) bond motifs is 1. The van der Waals surface area contributed by atoms with Crippen LogP contribution in [0.25, 0.3) is 5.65 Å². The minimum atomic E-state index is 0.610. The molecule has 2 heterocycles. The topological polar surface area (TPSA) is 29.3 Å². The number of imidazole rings is 1. The van der Waals surface area contributed by atoms with Crippen molar-refractivity contribution in [2.75, 3.05) is 0 Å². The van der Waals surface area contributed by atoms with E-state index >= 15 is 0 Å². The summed E-state index contributed by atoms with van der Waals surface area (Å²) in [6, 6.07) is 6.70. The summed E-state index contributed by atoms with van der Waals surface area (Å²) < 4.78 is 2.07. The lowest BCUT2D eigenvalue weighted by Gasteiger charge is -2.21. The largest absolute Gasteiger partial charge is 0.308 e. The molecule has 0 spiro atoms. The van der Waals surface area contributed by atoms with Crippen LogP contribution in [0, 0.1) is 0 Å². The molecule has 1 unspecified atom stereocenters. The van der Waals surface area contributed by atoms with Gasteiger partial charge in [-0.1, -0.05) is 17.7 Å². The molecule has 3 nitrogen and oxygen atoms in total. The second-order valence-electron chi connectivity index (χ2n) is 5.10. The summed E-state index contributed by atoms with van der Waals surface area (Å²) in [5, 5.41) is 3.60. The van der Waals surface area contributed by atoms with Gasteiger partial charge in [-0.05, 0) is 38.3 Å². The van der Waals surface area contributed by atoms with Crippen LogP contribution in [0.3, 0.4) is 0 Å². The number of aromatic nitrogens is 2. The number of rotatable bonds is 3. The second kappa shape index (κ2) is 4.94. The lowest BCUT2D eigenvalue weighted by Crippen LogP contribution is -2.29. The molecule has 0 saturated heterocycles. The molecule has 0 fully saturated rings. The van der Waals surface area contributed by atoms with Gasteiger partial charge in [0.2, 0.25) is 0 Å². The summed E-state index contributed by atoms with van der Waals surface area (Å²) in [7, 11) is 0. The van der Waals surface area contributed by atoms with Crippen molar-refractivity contribution >= 4 is 5.65 Å². The van der Waals surface area contributed by atoms with Crippen molar-refractivity contribution in [3.8, 4) is 0 Å². The highest BCUT2D eigenvalue weighted by atomic mass is 15.0. The summed E-state index contributed by atoms with van der Waals surface area (Å²) >= 11 is 0. The van der Waals surface area contributed by atoms with Gasteiger partial charge in [0.1, 0.15) is 5.65 Å². The van der Waals surface area contributed by atoms with E-state index in [1.54, 1.807) is 0 Å². The van der Waals surface area contributed by atoms with E-state index in [9.17, 15) is 0 Å². The van der Waals surface area contributed by atoms with Gasteiger partial charge in [0.05, 0.1) is 5.69 Å². The zero-order valence-corrected chi connectivity index (χ0v) is 10.8. The quantitative estimate of drug-likeness (QED) is 0.837. The van der Waals surface area contributed by atoms with Gasteiger partial charge in [0, 0.05) is 25.0 Å². The third-order valence-corrected chi connectivity index (χ3v) is 3.62. The minimum absolute atomic E-state index is 0.610. The number of nitrogens with one attached hydrogen (secondary N) is 1. The van der Waals surface area contributed by atoms with E-state index in [4.69, 9.17) is 0 Å². The molecule has 0 aromatic carbocycles. The van der Waals surface area contributed by atoms with Crippen molar-refractivity contribution in [3.63, 3.8) is 0 Å². The van der Waals surface area contributed by atoms with Crippen molar-refractivity contribution in [1.82, 2.24) is 14.7 Å². The molecule has 1 atom stereocenters. The number of allylic oxidation sites excluding steroid dienone is 1. The Bertz CT molecular complexity index is 535. The van der Waals surface area contributed by atoms with Crippen LogP contribution >= 0.6 is 0 Å². The minimum Gasteiger partial charge on any atom is -0.308 e. The Balaban J connectivity index is 1.63. The van der Waals surface area contributed by atoms with Crippen LogP contribution in [0.4, 0.5) is 0 Å². The highest BCUT2D eigenvalue weighted by Crippen LogP contribution is 2.17. The average Bonchev–Trinajstić information content (AvgIpc) is 2.81. The van der Waals surface area contributed by atoms with Crippen LogP contribution in [0.2, 0.25) is 0 Å². The van der Waals surface area contributed by atoms with Crippen LogP contribution in [0.1, 0.15) is 31.9 Å². The summed E-state index contributed by atoms with van der Waals surface area (Å²) in [4.78, 5) is 4.60. The zero-order chi connectivity index (χ0) is 12.4. The maximum Gasteiger partial charge on any atom is 0.137 e. The first kappa shape index (κ1) is 11.5. The molecule has 0 saturated carbocycles. The molecule has 3 rings (SSSR count). The molecule has 3 heteroatoms. The first-order chi connectivity index (χ1) is 8.81. The van der Waals surface area contributed by atoms with Crippen molar-refractivity contribution in [1.29, 1.82) is 0 Å². The van der Waals surface area contributed by atoms with E-state index < -0.39 is 0 Å². The Morgan fingerprint density at radius 3 is 3.17 bits per heavy atom. The van der Waals surface area contributed by atoms with Crippen molar-refractivity contribution in [2.24, 2.45) is 0 Å². The monoisotopic (exact) mass is 241 g/mol. The predicted octanol–water partition coefficient (Wildman–Crippen LogP) is 2.92. The fourth-order valence-electron chi connectivity index (χ4n) is 2.47. The van der Waals surface area contributed by atoms with Crippen LogP contribution in [-0.2, 0) is 6.54 Å². The SMILES string of the molecule is CC1=CCC(NCc2cn3ccccc3n2)CC1. The predicted molar refractivity (Wildman–Crippen MR) is 73.4 cm³/mol. The molecule has 94 valence electrons. The van der Waals surface area contributed by atoms with Gasteiger partial charge < -0.3 is 9.72 Å². The van der Waals surface area contributed by atoms with Gasteiger partial charge in [-0.3, -0.25) is 0 Å². The van der Waals surface area contributed by atoms with Crippen LogP contribution in [-0.4, -0.2) is 15.4 Å². The zero-order valence-electron chi connectivity index (χ0n) is 10.8. The summed E-state index contributed by atoms with van der Waals surface area (Å²) in [6.07, 6.45) is 10.1. The molecule has 2 aromatic rings. The third kappa shape index (κ3) is 2.46. The smallest absolute Gasteiger partial charge is 0.137 e. The van der Waals surface area contributed by atoms with Gasteiger partial charge in [-0.2, -0.15) is 0 Å². The van der Waals surface area contributed by atoms with Gasteiger partial charge >= 0.3 is 0 Å². The number of nitrogens with zero attached hydrogens (tertiary/aromatic N) is 2. The van der Waals surface area contributed by atoms with E-state index in [1.165, 1.54) is 18.4 Å². The van der Waals surface area contributed by atoms with E-state index in [2.05, 4.69) is 33.9 Å². The fourth-order valence-corrected chi connectivity index (χ4v) is 2.47. The van der Waals surface area contributed by atoms with Crippen LogP contribution < -0.4 is 5.32 Å². The maximum absolute atomic E-state index is 4.60. The Morgan fingerprint density at radius 2 is 2.39 bits per heavy atom. The third-order valence-electron chi connectivity index (χ3n) is 3.62. The fraction of sp³-hybridized carbons (Fsp3) is 0.400. The Labute approximate surface area is 108 Å². The molecule has 0 bridgehead atoms. The summed E-state index contributed by atoms with van der Waals surface area (Å²) in [5.41, 5.74) is 3.67. The van der Waals surface area contributed by atoms with Crippen LogP contribution in [0.5, 0.6) is 0 Å². The van der Waals surface area contributed by atoms with Gasteiger partial charge in [-0.15, -0.1) is 0 Å². The van der Waals surface area contributed by atoms with Crippen molar-refractivity contribution in [2.45, 2.75) is 38.8 Å². The maximum atomic E-state index is 4.60. The molecule has 0 aliphatic heterocycles. The van der Waals surface area contributed by atoms with Gasteiger partial charge in [0.15, 0.2) is 0 Å². The Hall–Kier alpha value is -1.61. The van der Waals surface area contributed by atoms with E-state index in [0.29, 0.717) is 6.04 Å². The van der Waals surface area contributed by atoms with E-state index in [0.717, 1.165) is 24.3 Å². The molecular weight excluding hydrogens is 222 g/mol. The summed E-state index contributed by atoms with van der Waals surface area (Å²) in [6.45, 7) is 3.08. The standard InChI is InChI=1S/C15H19N3/c1-12-5-7-13(8-6-12)16-10-14-11-18-9-3-2-4-15(18)17-14/h2-5,9,11,13,16H,6-8,10H2,1H3. The lowest BCUT2D eigenvalue weighted by atomic mass is 9.96. The molecule has 1 aliphatic carbocycles. The molecular formula is C15H19N3. The number of pyridine rings is 1. The molecule has 1 aliphatic rings. The number of hydrogen-bond donors (Lipinski definition) is 1. The average molecular weight is 241 g/mol. The van der Waals surface area contributed by atoms with Crippen LogP contribution in [0.15, 0.2) is 42.2 Å². The summed E-state index contributed by atoms with van der Waals surface area (Å²) in [5.74, 6) is 0. The number of hydrogen-bond acceptors (Lipinski definition) is 2. The molecule has 0 radical (unpaired) electrons. The van der Waals surface area contributed by atoms with E-state index in [-0.39, 0.29) is 0 Å². The highest BCUT2D eigenvalue weighted by Gasteiger charge is 2.12. The lowest BCUT2D eigenvalue weighted by molar-refractivity contribution is 0.464. The Morgan fingerprint density at radius 1 is 1.44 bits per heavy atom. The van der Waals surface area contributed by atoms with Gasteiger partial charge in [-0.25, -0.2) is 4.98 Å². The second-order valence-corrected chi connectivity index (χ2v) is 5.10. The first-order valence-electron chi connectivity index (χ1n) is 6.63.